The van der Waals surface area contributed by atoms with E-state index in [1.165, 1.54) is 5.56 Å². The lowest BCUT2D eigenvalue weighted by Crippen LogP contribution is -2.49. The molecule has 0 unspecified atom stereocenters. The van der Waals surface area contributed by atoms with E-state index >= 15 is 0 Å². The summed E-state index contributed by atoms with van der Waals surface area (Å²) in [6.45, 7) is 6.67. The Morgan fingerprint density at radius 3 is 2.67 bits per heavy atom. The number of rotatable bonds is 2. The number of benzene rings is 1. The van der Waals surface area contributed by atoms with Crippen molar-refractivity contribution >= 4 is 17.6 Å². The fourth-order valence-electron chi connectivity index (χ4n) is 2.07. The van der Waals surface area contributed by atoms with Gasteiger partial charge in [-0.05, 0) is 30.0 Å². The molecule has 3 amide bonds. The molecule has 0 bridgehead atoms. The van der Waals surface area contributed by atoms with Gasteiger partial charge in [0, 0.05) is 20.1 Å². The van der Waals surface area contributed by atoms with E-state index in [-0.39, 0.29) is 13.4 Å². The third kappa shape index (κ3) is 2.37. The van der Waals surface area contributed by atoms with Crippen molar-refractivity contribution < 1.29 is 11.0 Å². The van der Waals surface area contributed by atoms with Gasteiger partial charge in [0.1, 0.15) is 0 Å². The Kier molecular flexibility index (Phi) is 3.36. The minimum atomic E-state index is -0.324. The third-order valence-corrected chi connectivity index (χ3v) is 3.24. The first-order valence-electron chi connectivity index (χ1n) is 6.21. The number of hydrogen-bond acceptors (Lipinski definition) is 2. The number of anilines is 1. The van der Waals surface area contributed by atoms with Gasteiger partial charge in [0.25, 0.3) is 0 Å². The zero-order valence-electron chi connectivity index (χ0n) is 11.0. The van der Waals surface area contributed by atoms with Crippen LogP contribution in [0.15, 0.2) is 18.2 Å². The fourth-order valence-corrected chi connectivity index (χ4v) is 2.07. The van der Waals surface area contributed by atoms with Crippen molar-refractivity contribution in [3.05, 3.63) is 29.3 Å². The molecule has 1 N–H and O–H groups in total. The standard InChI is InChI=1S/C14H18N2O2.H2/c1-9(2)11-5-4-10(3)12(8-11)16-7-6-13(17)15-14(16)18;/h4-5,8-9H,6-7H2,1-3H3,(H,15,17,18);1H. The lowest BCUT2D eigenvalue weighted by molar-refractivity contribution is -0.120. The molecule has 0 spiro atoms. The summed E-state index contributed by atoms with van der Waals surface area (Å²) >= 11 is 0. The predicted molar refractivity (Wildman–Crippen MR) is 72.9 cm³/mol. The van der Waals surface area contributed by atoms with Crippen molar-refractivity contribution in [1.29, 1.82) is 0 Å². The first-order chi connectivity index (χ1) is 8.49. The molecule has 98 valence electrons. The van der Waals surface area contributed by atoms with E-state index in [0.29, 0.717) is 18.9 Å². The summed E-state index contributed by atoms with van der Waals surface area (Å²) in [7, 11) is 0. The summed E-state index contributed by atoms with van der Waals surface area (Å²) < 4.78 is 0. The summed E-state index contributed by atoms with van der Waals surface area (Å²) in [6.07, 6.45) is 0.358. The van der Waals surface area contributed by atoms with E-state index in [2.05, 4.69) is 25.2 Å². The lowest BCUT2D eigenvalue weighted by Gasteiger charge is -2.28. The van der Waals surface area contributed by atoms with Gasteiger partial charge in [-0.15, -0.1) is 0 Å². The summed E-state index contributed by atoms with van der Waals surface area (Å²) in [5, 5.41) is 2.35. The molecule has 1 aromatic rings. The van der Waals surface area contributed by atoms with Crippen LogP contribution in [0.5, 0.6) is 0 Å². The van der Waals surface area contributed by atoms with Crippen molar-refractivity contribution in [1.82, 2.24) is 5.32 Å². The van der Waals surface area contributed by atoms with Gasteiger partial charge in [-0.25, -0.2) is 4.79 Å². The second-order valence-corrected chi connectivity index (χ2v) is 4.96. The minimum absolute atomic E-state index is 0. The normalized spacial score (nSPS) is 16.1. The van der Waals surface area contributed by atoms with Gasteiger partial charge in [-0.2, -0.15) is 0 Å². The molecule has 1 aliphatic rings. The highest BCUT2D eigenvalue weighted by Crippen LogP contribution is 2.26. The first-order valence-corrected chi connectivity index (χ1v) is 6.21. The van der Waals surface area contributed by atoms with Crippen LogP contribution in [0.3, 0.4) is 0 Å². The highest BCUT2D eigenvalue weighted by atomic mass is 16.2. The van der Waals surface area contributed by atoms with Crippen molar-refractivity contribution in [3.8, 4) is 0 Å². The second kappa shape index (κ2) is 4.80. The number of aryl methyl sites for hydroxylation is 1. The maximum absolute atomic E-state index is 11.8. The van der Waals surface area contributed by atoms with Crippen LogP contribution in [0.25, 0.3) is 0 Å². The van der Waals surface area contributed by atoms with E-state index in [4.69, 9.17) is 0 Å². The Balaban J connectivity index is 0.00000180. The second-order valence-electron chi connectivity index (χ2n) is 4.96. The number of amides is 3. The topological polar surface area (TPSA) is 49.4 Å². The van der Waals surface area contributed by atoms with E-state index in [1.54, 1.807) is 4.90 Å². The number of carbonyl (C=O) groups is 2. The highest BCUT2D eigenvalue weighted by Gasteiger charge is 2.25. The van der Waals surface area contributed by atoms with Gasteiger partial charge < -0.3 is 0 Å². The van der Waals surface area contributed by atoms with Gasteiger partial charge in [-0.1, -0.05) is 26.0 Å². The van der Waals surface area contributed by atoms with E-state index in [0.717, 1.165) is 11.3 Å². The predicted octanol–water partition coefficient (Wildman–Crippen LogP) is 2.81. The molecule has 0 aromatic heterocycles. The summed E-state index contributed by atoms with van der Waals surface area (Å²) in [5.74, 6) is 0.216. The maximum atomic E-state index is 11.8. The number of urea groups is 1. The van der Waals surface area contributed by atoms with Crippen molar-refractivity contribution in [2.45, 2.75) is 33.1 Å². The SMILES string of the molecule is Cc1ccc(C(C)C)cc1N1CCC(=O)NC1=O.[HH]. The van der Waals surface area contributed by atoms with Gasteiger partial charge in [0.2, 0.25) is 5.91 Å². The summed E-state index contributed by atoms with van der Waals surface area (Å²) in [4.78, 5) is 24.6. The van der Waals surface area contributed by atoms with Crippen molar-refractivity contribution in [2.75, 3.05) is 11.4 Å². The van der Waals surface area contributed by atoms with Crippen LogP contribution in [-0.2, 0) is 4.79 Å². The van der Waals surface area contributed by atoms with Crippen LogP contribution in [0, 0.1) is 6.92 Å². The number of nitrogens with one attached hydrogen (secondary N) is 1. The highest BCUT2D eigenvalue weighted by molar-refractivity contribution is 6.05. The van der Waals surface area contributed by atoms with Crippen LogP contribution in [-0.4, -0.2) is 18.5 Å². The third-order valence-electron chi connectivity index (χ3n) is 3.24. The molecule has 0 radical (unpaired) electrons. The first kappa shape index (κ1) is 12.6. The van der Waals surface area contributed by atoms with E-state index in [9.17, 15) is 9.59 Å². The zero-order valence-corrected chi connectivity index (χ0v) is 11.0. The minimum Gasteiger partial charge on any atom is -0.293 e. The number of hydrogen-bond donors (Lipinski definition) is 1. The van der Waals surface area contributed by atoms with Gasteiger partial charge in [0.05, 0.1) is 0 Å². The Labute approximate surface area is 108 Å². The zero-order chi connectivity index (χ0) is 13.3. The monoisotopic (exact) mass is 248 g/mol. The molecule has 1 saturated heterocycles. The van der Waals surface area contributed by atoms with Crippen molar-refractivity contribution in [2.24, 2.45) is 0 Å². The molecule has 2 rings (SSSR count). The average Bonchev–Trinajstić information content (AvgIpc) is 2.30. The van der Waals surface area contributed by atoms with Crippen LogP contribution in [0.2, 0.25) is 0 Å². The number of carbonyl (C=O) groups excluding carboxylic acids is 2. The quantitative estimate of drug-likeness (QED) is 0.875. The van der Waals surface area contributed by atoms with Gasteiger partial charge in [0.15, 0.2) is 0 Å². The molecule has 1 aromatic carbocycles. The smallest absolute Gasteiger partial charge is 0.293 e. The van der Waals surface area contributed by atoms with E-state index in [1.807, 2.05) is 19.1 Å². The Morgan fingerprint density at radius 2 is 2.06 bits per heavy atom. The molecule has 0 atom stereocenters. The molecule has 0 saturated carbocycles. The van der Waals surface area contributed by atoms with Gasteiger partial charge in [-0.3, -0.25) is 15.0 Å². The Hall–Kier alpha value is -1.84. The molecular weight excluding hydrogens is 228 g/mol. The molecule has 1 fully saturated rings. The molecule has 18 heavy (non-hydrogen) atoms. The van der Waals surface area contributed by atoms with E-state index < -0.39 is 0 Å². The van der Waals surface area contributed by atoms with Crippen LogP contribution in [0.4, 0.5) is 10.5 Å². The molecule has 1 aliphatic heterocycles. The van der Waals surface area contributed by atoms with Gasteiger partial charge >= 0.3 is 6.03 Å². The number of imide groups is 1. The lowest BCUT2D eigenvalue weighted by atomic mass is 10.00. The molecule has 4 nitrogen and oxygen atoms in total. The van der Waals surface area contributed by atoms with Crippen LogP contribution < -0.4 is 10.2 Å². The Morgan fingerprint density at radius 1 is 1.33 bits per heavy atom. The largest absolute Gasteiger partial charge is 0.328 e. The van der Waals surface area contributed by atoms with Crippen LogP contribution >= 0.6 is 0 Å². The Bertz CT molecular complexity index is 500. The molecular formula is C14H20N2O2. The molecule has 4 heteroatoms. The molecule has 1 heterocycles. The summed E-state index contributed by atoms with van der Waals surface area (Å²) in [6, 6.07) is 5.82. The van der Waals surface area contributed by atoms with Crippen LogP contribution in [0.1, 0.15) is 38.7 Å². The fraction of sp³-hybridized carbons (Fsp3) is 0.429. The average molecular weight is 248 g/mol. The molecule has 0 aliphatic carbocycles. The van der Waals surface area contributed by atoms with Crippen molar-refractivity contribution in [3.63, 3.8) is 0 Å². The number of nitrogens with zero attached hydrogens (tertiary/aromatic N) is 1. The summed E-state index contributed by atoms with van der Waals surface area (Å²) in [5.41, 5.74) is 3.13. The maximum Gasteiger partial charge on any atom is 0.328 e.